The van der Waals surface area contributed by atoms with Gasteiger partial charge in [-0.05, 0) is 43.5 Å². The summed E-state index contributed by atoms with van der Waals surface area (Å²) in [7, 11) is 0. The highest BCUT2D eigenvalue weighted by Crippen LogP contribution is 2.19. The lowest BCUT2D eigenvalue weighted by Gasteiger charge is -2.25. The molecule has 0 aliphatic carbocycles. The molecule has 4 rings (SSSR count). The van der Waals surface area contributed by atoms with Crippen LogP contribution >= 0.6 is 0 Å². The van der Waals surface area contributed by atoms with Crippen LogP contribution in [0.2, 0.25) is 0 Å². The van der Waals surface area contributed by atoms with E-state index < -0.39 is 5.91 Å². The fourth-order valence-electron chi connectivity index (χ4n) is 3.86. The van der Waals surface area contributed by atoms with E-state index in [0.29, 0.717) is 18.6 Å². The highest BCUT2D eigenvalue weighted by atomic mass is 16.2. The zero-order valence-corrected chi connectivity index (χ0v) is 18.7. The number of hydrogen-bond donors (Lipinski definition) is 2. The van der Waals surface area contributed by atoms with Gasteiger partial charge in [0.2, 0.25) is 5.91 Å². The Kier molecular flexibility index (Phi) is 6.35. The van der Waals surface area contributed by atoms with E-state index in [0.717, 1.165) is 28.2 Å². The van der Waals surface area contributed by atoms with Crippen LogP contribution in [0.15, 0.2) is 66.9 Å². The van der Waals surface area contributed by atoms with Gasteiger partial charge in [0, 0.05) is 17.8 Å². The number of aryl methyl sites for hydroxylation is 2. The van der Waals surface area contributed by atoms with Gasteiger partial charge in [-0.2, -0.15) is 5.10 Å². The molecule has 0 unspecified atom stereocenters. The summed E-state index contributed by atoms with van der Waals surface area (Å²) < 4.78 is 1.60. The van der Waals surface area contributed by atoms with Crippen molar-refractivity contribution in [2.24, 2.45) is 5.73 Å². The molecular weight excluding hydrogens is 416 g/mol. The molecule has 2 amide bonds. The van der Waals surface area contributed by atoms with Gasteiger partial charge in [-0.1, -0.05) is 48.5 Å². The molecule has 168 valence electrons. The number of anilines is 1. The molecule has 0 saturated heterocycles. The molecule has 2 heterocycles. The predicted molar refractivity (Wildman–Crippen MR) is 127 cm³/mol. The van der Waals surface area contributed by atoms with Crippen LogP contribution in [0.25, 0.3) is 5.65 Å². The average molecular weight is 443 g/mol. The molecule has 0 aliphatic rings. The first-order chi connectivity index (χ1) is 15.9. The van der Waals surface area contributed by atoms with Crippen molar-refractivity contribution in [2.45, 2.75) is 33.2 Å². The second-order valence-electron chi connectivity index (χ2n) is 7.86. The van der Waals surface area contributed by atoms with E-state index in [1.165, 1.54) is 6.20 Å². The maximum Gasteiger partial charge on any atom is 0.254 e. The Hall–Kier alpha value is -4.20. The number of carbonyl (C=O) groups is 2. The smallest absolute Gasteiger partial charge is 0.254 e. The molecule has 0 aliphatic heterocycles. The van der Waals surface area contributed by atoms with Gasteiger partial charge in [-0.15, -0.1) is 0 Å². The third-order valence-corrected chi connectivity index (χ3v) is 5.59. The third-order valence-electron chi connectivity index (χ3n) is 5.59. The number of fused-ring (bicyclic) bond motifs is 1. The molecular formula is C25H26N6O2. The van der Waals surface area contributed by atoms with Crippen molar-refractivity contribution in [1.29, 1.82) is 0 Å². The van der Waals surface area contributed by atoms with Crippen molar-refractivity contribution in [2.75, 3.05) is 5.01 Å². The minimum absolute atomic E-state index is 0.105. The van der Waals surface area contributed by atoms with E-state index in [1.807, 2.05) is 79.5 Å². The van der Waals surface area contributed by atoms with Crippen molar-refractivity contribution < 1.29 is 9.59 Å². The van der Waals surface area contributed by atoms with Crippen molar-refractivity contribution >= 4 is 23.1 Å². The lowest BCUT2D eigenvalue weighted by atomic mass is 10.1. The van der Waals surface area contributed by atoms with E-state index in [9.17, 15) is 9.59 Å². The summed E-state index contributed by atoms with van der Waals surface area (Å²) in [5.74, 6) is -0.671. The van der Waals surface area contributed by atoms with E-state index in [-0.39, 0.29) is 17.9 Å². The fourth-order valence-corrected chi connectivity index (χ4v) is 3.86. The minimum atomic E-state index is -0.567. The van der Waals surface area contributed by atoms with Crippen LogP contribution in [0.4, 0.5) is 5.69 Å². The lowest BCUT2D eigenvalue weighted by molar-refractivity contribution is -0.121. The van der Waals surface area contributed by atoms with Crippen molar-refractivity contribution in [1.82, 2.24) is 20.0 Å². The molecule has 0 atom stereocenters. The maximum absolute atomic E-state index is 12.9. The van der Waals surface area contributed by atoms with E-state index >= 15 is 0 Å². The van der Waals surface area contributed by atoms with Crippen LogP contribution in [-0.4, -0.2) is 26.4 Å². The quantitative estimate of drug-likeness (QED) is 0.408. The number of benzene rings is 2. The topological polar surface area (TPSA) is 106 Å². The molecule has 2 aromatic heterocycles. The molecule has 0 bridgehead atoms. The first kappa shape index (κ1) is 22.0. The summed E-state index contributed by atoms with van der Waals surface area (Å²) in [4.78, 5) is 29.1. The van der Waals surface area contributed by atoms with Crippen molar-refractivity contribution in [3.05, 3.63) is 94.9 Å². The zero-order valence-electron chi connectivity index (χ0n) is 18.7. The van der Waals surface area contributed by atoms with E-state index in [1.54, 1.807) is 4.52 Å². The number of nitrogens with zero attached hydrogens (tertiary/aromatic N) is 4. The van der Waals surface area contributed by atoms with Crippen LogP contribution in [0.3, 0.4) is 0 Å². The van der Waals surface area contributed by atoms with Crippen LogP contribution in [0.1, 0.15) is 39.3 Å². The molecule has 33 heavy (non-hydrogen) atoms. The first-order valence-corrected chi connectivity index (χ1v) is 10.7. The number of amides is 2. The monoisotopic (exact) mass is 442 g/mol. The van der Waals surface area contributed by atoms with Gasteiger partial charge in [0.05, 0.1) is 18.4 Å². The first-order valence-electron chi connectivity index (χ1n) is 10.7. The highest BCUT2D eigenvalue weighted by Gasteiger charge is 2.18. The van der Waals surface area contributed by atoms with Gasteiger partial charge in [-0.3, -0.25) is 20.0 Å². The molecule has 0 spiro atoms. The molecule has 0 saturated carbocycles. The number of carbonyl (C=O) groups excluding carboxylic acids is 2. The van der Waals surface area contributed by atoms with Crippen LogP contribution in [0.5, 0.6) is 0 Å². The van der Waals surface area contributed by atoms with Gasteiger partial charge >= 0.3 is 0 Å². The van der Waals surface area contributed by atoms with Crippen LogP contribution in [0, 0.1) is 13.8 Å². The number of para-hydroxylation sites is 1. The summed E-state index contributed by atoms with van der Waals surface area (Å²) in [6, 6.07) is 19.7. The van der Waals surface area contributed by atoms with Gasteiger partial charge in [0.1, 0.15) is 5.56 Å². The van der Waals surface area contributed by atoms with Gasteiger partial charge < -0.3 is 5.73 Å². The highest BCUT2D eigenvalue weighted by molar-refractivity contribution is 5.98. The summed E-state index contributed by atoms with van der Waals surface area (Å²) in [6.45, 7) is 4.31. The van der Waals surface area contributed by atoms with Crippen molar-refractivity contribution in [3.63, 3.8) is 0 Å². The Bertz CT molecular complexity index is 1280. The normalized spacial score (nSPS) is 10.8. The summed E-state index contributed by atoms with van der Waals surface area (Å²) in [6.07, 6.45) is 2.19. The second-order valence-corrected chi connectivity index (χ2v) is 7.86. The number of rotatable bonds is 8. The van der Waals surface area contributed by atoms with Crippen molar-refractivity contribution in [3.8, 4) is 0 Å². The molecule has 0 fully saturated rings. The van der Waals surface area contributed by atoms with Crippen LogP contribution in [-0.2, 0) is 17.8 Å². The number of hydrogen-bond acceptors (Lipinski definition) is 5. The van der Waals surface area contributed by atoms with E-state index in [4.69, 9.17) is 5.73 Å². The number of primary amides is 1. The van der Waals surface area contributed by atoms with E-state index in [2.05, 4.69) is 15.5 Å². The largest absolute Gasteiger partial charge is 0.365 e. The summed E-state index contributed by atoms with van der Waals surface area (Å²) >= 11 is 0. The number of nitrogens with one attached hydrogen (secondary N) is 1. The van der Waals surface area contributed by atoms with Gasteiger partial charge in [0.15, 0.2) is 5.65 Å². The van der Waals surface area contributed by atoms with Crippen LogP contribution < -0.4 is 16.2 Å². The molecule has 3 N–H and O–H groups in total. The zero-order chi connectivity index (χ0) is 23.4. The fraction of sp³-hybridized carbons (Fsp3) is 0.200. The molecule has 8 nitrogen and oxygen atoms in total. The Morgan fingerprint density at radius 3 is 2.36 bits per heavy atom. The second kappa shape index (κ2) is 9.52. The average Bonchev–Trinajstić information content (AvgIpc) is 3.24. The predicted octanol–water partition coefficient (Wildman–Crippen LogP) is 3.12. The molecule has 4 aromatic rings. The number of aromatic nitrogens is 3. The number of hydrazine groups is 1. The maximum atomic E-state index is 12.9. The Morgan fingerprint density at radius 2 is 1.70 bits per heavy atom. The number of nitrogens with two attached hydrogens (primary N) is 1. The third kappa shape index (κ3) is 4.85. The molecule has 2 aromatic carbocycles. The lowest BCUT2D eigenvalue weighted by Crippen LogP contribution is -2.42. The Morgan fingerprint density at radius 1 is 1.03 bits per heavy atom. The summed E-state index contributed by atoms with van der Waals surface area (Å²) in [5.41, 5.74) is 13.7. The molecule has 8 heteroatoms. The standard InChI is InChI=1S/C25H26N6O2/c1-17-21(18(2)31-25(28-17)22(15-27-31)24(26)33)13-14-23(32)29-30(20-11-7-4-8-12-20)16-19-9-5-3-6-10-19/h3-12,15H,13-14,16H2,1-2H3,(H2,26,33)(H,29,32). The molecule has 0 radical (unpaired) electrons. The Balaban J connectivity index is 1.50. The van der Waals surface area contributed by atoms with Gasteiger partial charge in [-0.25, -0.2) is 9.50 Å². The Labute approximate surface area is 192 Å². The summed E-state index contributed by atoms with van der Waals surface area (Å²) in [5, 5.41) is 6.10. The van der Waals surface area contributed by atoms with Gasteiger partial charge in [0.25, 0.3) is 5.91 Å². The minimum Gasteiger partial charge on any atom is -0.365 e. The SMILES string of the molecule is Cc1nc2c(C(N)=O)cnn2c(C)c1CCC(=O)NN(Cc1ccccc1)c1ccccc1.